The first-order valence-corrected chi connectivity index (χ1v) is 5.11. The van der Waals surface area contributed by atoms with Gasteiger partial charge in [0.05, 0.1) is 25.2 Å². The Morgan fingerprint density at radius 2 is 2.12 bits per heavy atom. The molecule has 1 aliphatic heterocycles. The topological polar surface area (TPSA) is 67.2 Å². The van der Waals surface area contributed by atoms with Crippen molar-refractivity contribution in [3.05, 3.63) is 40.8 Å². The lowest BCUT2D eigenvalue weighted by Gasteiger charge is -2.39. The summed E-state index contributed by atoms with van der Waals surface area (Å²) in [6.07, 6.45) is 0. The molecule has 0 bridgehead atoms. The molecular weight excluding hydrogens is 206 g/mol. The van der Waals surface area contributed by atoms with Gasteiger partial charge < -0.3 is 9.47 Å². The van der Waals surface area contributed by atoms with E-state index in [9.17, 15) is 0 Å². The SMILES string of the molecule is [N-]=[N+]=NCC1(COc2ccccc2)COC1. The third kappa shape index (κ3) is 2.45. The average Bonchev–Trinajstić information content (AvgIpc) is 2.29. The van der Waals surface area contributed by atoms with Crippen LogP contribution in [0.25, 0.3) is 10.4 Å². The lowest BCUT2D eigenvalue weighted by molar-refractivity contribution is -0.125. The second-order valence-corrected chi connectivity index (χ2v) is 3.98. The standard InChI is InChI=1S/C11H13N3O2/c12-14-13-6-11(7-15-8-11)9-16-10-4-2-1-3-5-10/h1-5H,6-9H2. The van der Waals surface area contributed by atoms with Crippen molar-refractivity contribution >= 4 is 0 Å². The molecule has 1 aromatic carbocycles. The van der Waals surface area contributed by atoms with E-state index < -0.39 is 0 Å². The Kier molecular flexibility index (Phi) is 3.29. The molecule has 2 rings (SSSR count). The maximum Gasteiger partial charge on any atom is 0.119 e. The highest BCUT2D eigenvalue weighted by Crippen LogP contribution is 2.29. The highest BCUT2D eigenvalue weighted by atomic mass is 16.5. The summed E-state index contributed by atoms with van der Waals surface area (Å²) >= 11 is 0. The highest BCUT2D eigenvalue weighted by Gasteiger charge is 2.39. The molecule has 5 heteroatoms. The van der Waals surface area contributed by atoms with E-state index in [4.69, 9.17) is 15.0 Å². The van der Waals surface area contributed by atoms with Gasteiger partial charge in [0.2, 0.25) is 0 Å². The summed E-state index contributed by atoms with van der Waals surface area (Å²) in [7, 11) is 0. The van der Waals surface area contributed by atoms with Crippen LogP contribution in [0.1, 0.15) is 0 Å². The van der Waals surface area contributed by atoms with E-state index >= 15 is 0 Å². The summed E-state index contributed by atoms with van der Waals surface area (Å²) in [6.45, 7) is 2.14. The number of azide groups is 1. The Morgan fingerprint density at radius 1 is 1.38 bits per heavy atom. The molecule has 84 valence electrons. The molecule has 0 aliphatic carbocycles. The first kappa shape index (κ1) is 10.8. The zero-order valence-corrected chi connectivity index (χ0v) is 8.87. The molecule has 0 radical (unpaired) electrons. The van der Waals surface area contributed by atoms with Gasteiger partial charge in [0, 0.05) is 11.5 Å². The van der Waals surface area contributed by atoms with Crippen LogP contribution < -0.4 is 4.74 Å². The molecule has 0 amide bonds. The Bertz CT molecular complexity index is 383. The lowest BCUT2D eigenvalue weighted by atomic mass is 9.87. The molecule has 16 heavy (non-hydrogen) atoms. The second kappa shape index (κ2) is 4.88. The normalized spacial score (nSPS) is 17.0. The molecule has 1 saturated heterocycles. The summed E-state index contributed by atoms with van der Waals surface area (Å²) in [6, 6.07) is 9.59. The Morgan fingerprint density at radius 3 is 2.69 bits per heavy atom. The van der Waals surface area contributed by atoms with Crippen LogP contribution in [-0.2, 0) is 4.74 Å². The van der Waals surface area contributed by atoms with Crippen molar-refractivity contribution in [1.29, 1.82) is 0 Å². The maximum absolute atomic E-state index is 8.31. The van der Waals surface area contributed by atoms with Gasteiger partial charge in [-0.2, -0.15) is 0 Å². The van der Waals surface area contributed by atoms with Gasteiger partial charge in [-0.25, -0.2) is 0 Å². The fourth-order valence-corrected chi connectivity index (χ4v) is 1.55. The van der Waals surface area contributed by atoms with Gasteiger partial charge in [-0.1, -0.05) is 23.3 Å². The average molecular weight is 219 g/mol. The van der Waals surface area contributed by atoms with Crippen LogP contribution in [0.4, 0.5) is 0 Å². The van der Waals surface area contributed by atoms with Crippen molar-refractivity contribution < 1.29 is 9.47 Å². The van der Waals surface area contributed by atoms with Gasteiger partial charge >= 0.3 is 0 Å². The third-order valence-electron chi connectivity index (χ3n) is 2.57. The van der Waals surface area contributed by atoms with Crippen molar-refractivity contribution in [2.45, 2.75) is 0 Å². The number of hydrogen-bond donors (Lipinski definition) is 0. The predicted molar refractivity (Wildman–Crippen MR) is 59.2 cm³/mol. The fraction of sp³-hybridized carbons (Fsp3) is 0.455. The number of nitrogens with zero attached hydrogens (tertiary/aromatic N) is 3. The van der Waals surface area contributed by atoms with Crippen LogP contribution in [0.15, 0.2) is 35.4 Å². The van der Waals surface area contributed by atoms with Crippen molar-refractivity contribution in [2.75, 3.05) is 26.4 Å². The zero-order chi connectivity index (χ0) is 11.3. The lowest BCUT2D eigenvalue weighted by Crippen LogP contribution is -2.49. The van der Waals surface area contributed by atoms with Gasteiger partial charge in [0.1, 0.15) is 5.75 Å². The second-order valence-electron chi connectivity index (χ2n) is 3.98. The zero-order valence-electron chi connectivity index (χ0n) is 8.87. The summed E-state index contributed by atoms with van der Waals surface area (Å²) in [4.78, 5) is 2.77. The van der Waals surface area contributed by atoms with Gasteiger partial charge in [-0.15, -0.1) is 0 Å². The van der Waals surface area contributed by atoms with Crippen LogP contribution in [0.3, 0.4) is 0 Å². The minimum Gasteiger partial charge on any atom is -0.493 e. The Hall–Kier alpha value is -1.71. The molecule has 0 spiro atoms. The van der Waals surface area contributed by atoms with Crippen molar-refractivity contribution in [1.82, 2.24) is 0 Å². The van der Waals surface area contributed by atoms with Gasteiger partial charge in [0.15, 0.2) is 0 Å². The molecular formula is C11H13N3O2. The van der Waals surface area contributed by atoms with Crippen molar-refractivity contribution in [2.24, 2.45) is 10.5 Å². The first-order valence-electron chi connectivity index (χ1n) is 5.11. The van der Waals surface area contributed by atoms with Crippen LogP contribution >= 0.6 is 0 Å². The van der Waals surface area contributed by atoms with E-state index in [1.807, 2.05) is 30.3 Å². The highest BCUT2D eigenvalue weighted by molar-refractivity contribution is 5.21. The van der Waals surface area contributed by atoms with E-state index in [1.165, 1.54) is 0 Å². The first-order chi connectivity index (χ1) is 7.85. The smallest absolute Gasteiger partial charge is 0.119 e. The van der Waals surface area contributed by atoms with E-state index in [-0.39, 0.29) is 5.41 Å². The molecule has 0 saturated carbocycles. The number of hydrogen-bond acceptors (Lipinski definition) is 3. The Labute approximate surface area is 93.6 Å². The summed E-state index contributed by atoms with van der Waals surface area (Å²) in [5, 5.41) is 3.60. The van der Waals surface area contributed by atoms with E-state index in [1.54, 1.807) is 0 Å². The quantitative estimate of drug-likeness (QED) is 0.433. The third-order valence-corrected chi connectivity index (χ3v) is 2.57. The van der Waals surface area contributed by atoms with Crippen molar-refractivity contribution in [3.8, 4) is 5.75 Å². The molecule has 0 aromatic heterocycles. The van der Waals surface area contributed by atoms with Crippen molar-refractivity contribution in [3.63, 3.8) is 0 Å². The number of benzene rings is 1. The van der Waals surface area contributed by atoms with E-state index in [0.29, 0.717) is 26.4 Å². The van der Waals surface area contributed by atoms with Crippen LogP contribution in [-0.4, -0.2) is 26.4 Å². The Balaban J connectivity index is 1.90. The van der Waals surface area contributed by atoms with Gasteiger partial charge in [-0.3, -0.25) is 0 Å². The molecule has 1 aromatic rings. The minimum atomic E-state index is -0.137. The van der Waals surface area contributed by atoms with Crippen LogP contribution in [0.2, 0.25) is 0 Å². The molecule has 0 N–H and O–H groups in total. The summed E-state index contributed by atoms with van der Waals surface area (Å²) in [5.41, 5.74) is 8.17. The number of para-hydroxylation sites is 1. The van der Waals surface area contributed by atoms with Gasteiger partial charge in [-0.05, 0) is 17.7 Å². The molecule has 0 atom stereocenters. The predicted octanol–water partition coefficient (Wildman–Crippen LogP) is 2.39. The largest absolute Gasteiger partial charge is 0.493 e. The summed E-state index contributed by atoms with van der Waals surface area (Å²) < 4.78 is 10.8. The molecule has 5 nitrogen and oxygen atoms in total. The molecule has 0 unspecified atom stereocenters. The number of ether oxygens (including phenoxy) is 2. The molecule has 1 fully saturated rings. The minimum absolute atomic E-state index is 0.137. The van der Waals surface area contributed by atoms with Crippen LogP contribution in [0.5, 0.6) is 5.75 Å². The molecule has 1 aliphatic rings. The van der Waals surface area contributed by atoms with E-state index in [2.05, 4.69) is 10.0 Å². The van der Waals surface area contributed by atoms with Crippen LogP contribution in [0, 0.1) is 5.41 Å². The fourth-order valence-electron chi connectivity index (χ4n) is 1.55. The van der Waals surface area contributed by atoms with Gasteiger partial charge in [0.25, 0.3) is 0 Å². The number of rotatable bonds is 5. The maximum atomic E-state index is 8.31. The summed E-state index contributed by atoms with van der Waals surface area (Å²) in [5.74, 6) is 0.828. The monoisotopic (exact) mass is 219 g/mol. The molecule has 1 heterocycles. The van der Waals surface area contributed by atoms with E-state index in [0.717, 1.165) is 5.75 Å².